The molecule has 1 aromatic carbocycles. The van der Waals surface area contributed by atoms with E-state index in [0.717, 1.165) is 17.4 Å². The van der Waals surface area contributed by atoms with Gasteiger partial charge in [-0.1, -0.05) is 13.0 Å². The van der Waals surface area contributed by atoms with Crippen LogP contribution in [0.15, 0.2) is 28.9 Å². The van der Waals surface area contributed by atoms with E-state index in [4.69, 9.17) is 15.9 Å². The number of aliphatic hydroxyl groups is 1. The highest BCUT2D eigenvalue weighted by Crippen LogP contribution is 2.23. The number of terminal acetylenes is 1. The number of carbonyl (C=O) groups excluding carboxylic acids is 1. The smallest absolute Gasteiger partial charge is 0.255 e. The second-order valence-electron chi connectivity index (χ2n) is 4.59. The Morgan fingerprint density at radius 1 is 1.55 bits per heavy atom. The summed E-state index contributed by atoms with van der Waals surface area (Å²) in [4.78, 5) is 12.2. The van der Waals surface area contributed by atoms with Crippen LogP contribution in [0.3, 0.4) is 0 Å². The number of furan rings is 1. The summed E-state index contributed by atoms with van der Waals surface area (Å²) in [6.45, 7) is 1.86. The third kappa shape index (κ3) is 2.84. The number of carbonyl (C=O) groups is 1. The molecule has 2 N–H and O–H groups in total. The predicted octanol–water partition coefficient (Wildman–Crippen LogP) is 2.11. The largest absolute Gasteiger partial charge is 0.463 e. The molecule has 0 aliphatic heterocycles. The van der Waals surface area contributed by atoms with E-state index in [0.29, 0.717) is 11.1 Å². The van der Waals surface area contributed by atoms with E-state index in [1.807, 2.05) is 18.2 Å². The molecule has 0 saturated carbocycles. The summed E-state index contributed by atoms with van der Waals surface area (Å²) >= 11 is 0. The number of fused-ring (bicyclic) bond motifs is 1. The van der Waals surface area contributed by atoms with Crippen LogP contribution < -0.4 is 5.32 Å². The van der Waals surface area contributed by atoms with Crippen LogP contribution in [0, 0.1) is 12.3 Å². The van der Waals surface area contributed by atoms with E-state index in [1.54, 1.807) is 0 Å². The van der Waals surface area contributed by atoms with Gasteiger partial charge in [0.25, 0.3) is 5.91 Å². The monoisotopic (exact) mass is 271 g/mol. The number of aryl methyl sites for hydroxylation is 1. The molecule has 1 atom stereocenters. The first-order valence-corrected chi connectivity index (χ1v) is 6.54. The second-order valence-corrected chi connectivity index (χ2v) is 4.59. The van der Waals surface area contributed by atoms with Crippen molar-refractivity contribution in [2.24, 2.45) is 0 Å². The maximum atomic E-state index is 12.2. The van der Waals surface area contributed by atoms with E-state index >= 15 is 0 Å². The highest BCUT2D eigenvalue weighted by Gasteiger charge is 2.17. The van der Waals surface area contributed by atoms with Crippen molar-refractivity contribution in [1.82, 2.24) is 5.32 Å². The molecule has 1 aromatic heterocycles. The van der Waals surface area contributed by atoms with Crippen LogP contribution >= 0.6 is 0 Å². The topological polar surface area (TPSA) is 62.5 Å². The summed E-state index contributed by atoms with van der Waals surface area (Å²) in [7, 11) is 0. The standard InChI is InChI=1S/C16H17NO3/c1-3-5-12(9-18)17-16(19)14-10-20-15-7-6-11(4-2)8-13(14)15/h1,6-8,10,12,18H,4-5,9H2,2H3,(H,17,19). The fourth-order valence-electron chi connectivity index (χ4n) is 2.04. The zero-order valence-corrected chi connectivity index (χ0v) is 11.3. The van der Waals surface area contributed by atoms with Crippen molar-refractivity contribution in [3.05, 3.63) is 35.6 Å². The number of rotatable bonds is 5. The summed E-state index contributed by atoms with van der Waals surface area (Å²) in [5.41, 5.74) is 2.27. The second kappa shape index (κ2) is 6.27. The first-order valence-electron chi connectivity index (χ1n) is 6.54. The molecule has 1 heterocycles. The van der Waals surface area contributed by atoms with Gasteiger partial charge < -0.3 is 14.8 Å². The Balaban J connectivity index is 2.28. The molecule has 0 aliphatic carbocycles. The quantitative estimate of drug-likeness (QED) is 0.819. The van der Waals surface area contributed by atoms with Gasteiger partial charge >= 0.3 is 0 Å². The van der Waals surface area contributed by atoms with Gasteiger partial charge in [0.05, 0.1) is 18.2 Å². The summed E-state index contributed by atoms with van der Waals surface area (Å²) in [6.07, 6.45) is 7.81. The van der Waals surface area contributed by atoms with Gasteiger partial charge in [0, 0.05) is 11.8 Å². The molecule has 2 aromatic rings. The minimum absolute atomic E-state index is 0.189. The van der Waals surface area contributed by atoms with Crippen molar-refractivity contribution in [3.63, 3.8) is 0 Å². The minimum atomic E-state index is -0.438. The van der Waals surface area contributed by atoms with Crippen LogP contribution in [0.1, 0.15) is 29.3 Å². The number of amides is 1. The Labute approximate surface area is 117 Å². The van der Waals surface area contributed by atoms with Crippen molar-refractivity contribution in [2.45, 2.75) is 25.8 Å². The number of nitrogens with one attached hydrogen (secondary N) is 1. The minimum Gasteiger partial charge on any atom is -0.463 e. The molecule has 20 heavy (non-hydrogen) atoms. The van der Waals surface area contributed by atoms with Crippen LogP contribution in [-0.2, 0) is 6.42 Å². The Morgan fingerprint density at radius 3 is 3.00 bits per heavy atom. The Kier molecular flexibility index (Phi) is 4.44. The highest BCUT2D eigenvalue weighted by molar-refractivity contribution is 6.06. The van der Waals surface area contributed by atoms with Gasteiger partial charge in [-0.05, 0) is 24.1 Å². The van der Waals surface area contributed by atoms with Crippen LogP contribution in [0.4, 0.5) is 0 Å². The molecular weight excluding hydrogens is 254 g/mol. The normalized spacial score (nSPS) is 12.1. The van der Waals surface area contributed by atoms with Crippen molar-refractivity contribution in [3.8, 4) is 12.3 Å². The van der Waals surface area contributed by atoms with Gasteiger partial charge in [-0.15, -0.1) is 12.3 Å². The van der Waals surface area contributed by atoms with E-state index < -0.39 is 6.04 Å². The zero-order chi connectivity index (χ0) is 14.5. The van der Waals surface area contributed by atoms with E-state index in [9.17, 15) is 4.79 Å². The average molecular weight is 271 g/mol. The zero-order valence-electron chi connectivity index (χ0n) is 11.3. The lowest BCUT2D eigenvalue weighted by molar-refractivity contribution is 0.0919. The number of hydrogen-bond acceptors (Lipinski definition) is 3. The van der Waals surface area contributed by atoms with Crippen molar-refractivity contribution in [2.75, 3.05) is 6.61 Å². The number of hydrogen-bond donors (Lipinski definition) is 2. The maximum Gasteiger partial charge on any atom is 0.255 e. The maximum absolute atomic E-state index is 12.2. The summed E-state index contributed by atoms with van der Waals surface area (Å²) in [5.74, 6) is 2.14. The van der Waals surface area contributed by atoms with Gasteiger partial charge in [0.15, 0.2) is 0 Å². The Hall–Kier alpha value is -2.25. The molecule has 0 aliphatic rings. The number of benzene rings is 1. The molecule has 0 fully saturated rings. The molecule has 1 amide bonds. The molecule has 0 saturated heterocycles. The third-order valence-electron chi connectivity index (χ3n) is 3.21. The lowest BCUT2D eigenvalue weighted by Crippen LogP contribution is -2.37. The van der Waals surface area contributed by atoms with Crippen molar-refractivity contribution >= 4 is 16.9 Å². The summed E-state index contributed by atoms with van der Waals surface area (Å²) in [6, 6.07) is 5.34. The summed E-state index contributed by atoms with van der Waals surface area (Å²) in [5, 5.41) is 12.7. The fraction of sp³-hybridized carbons (Fsp3) is 0.312. The summed E-state index contributed by atoms with van der Waals surface area (Å²) < 4.78 is 5.38. The SMILES string of the molecule is C#CCC(CO)NC(=O)c1coc2ccc(CC)cc12. The average Bonchev–Trinajstić information content (AvgIpc) is 2.89. The van der Waals surface area contributed by atoms with Crippen LogP contribution in [0.5, 0.6) is 0 Å². The molecule has 0 radical (unpaired) electrons. The fourth-order valence-corrected chi connectivity index (χ4v) is 2.04. The van der Waals surface area contributed by atoms with Crippen LogP contribution in [0.2, 0.25) is 0 Å². The molecule has 4 nitrogen and oxygen atoms in total. The number of aliphatic hydroxyl groups excluding tert-OH is 1. The van der Waals surface area contributed by atoms with Crippen LogP contribution in [0.25, 0.3) is 11.0 Å². The van der Waals surface area contributed by atoms with Gasteiger partial charge in [0.1, 0.15) is 11.8 Å². The Bertz CT molecular complexity index is 651. The van der Waals surface area contributed by atoms with Gasteiger partial charge in [-0.25, -0.2) is 0 Å². The van der Waals surface area contributed by atoms with Gasteiger partial charge in [-0.3, -0.25) is 4.79 Å². The van der Waals surface area contributed by atoms with E-state index in [-0.39, 0.29) is 18.9 Å². The van der Waals surface area contributed by atoms with Gasteiger partial charge in [0.2, 0.25) is 0 Å². The van der Waals surface area contributed by atoms with Crippen LogP contribution in [-0.4, -0.2) is 23.7 Å². The lowest BCUT2D eigenvalue weighted by atomic mass is 10.1. The molecular formula is C16H17NO3. The molecule has 0 spiro atoms. The first kappa shape index (κ1) is 14.2. The molecule has 2 rings (SSSR count). The molecule has 104 valence electrons. The third-order valence-corrected chi connectivity index (χ3v) is 3.21. The molecule has 1 unspecified atom stereocenters. The molecule has 0 bridgehead atoms. The van der Waals surface area contributed by atoms with Gasteiger partial charge in [-0.2, -0.15) is 0 Å². The Morgan fingerprint density at radius 2 is 2.35 bits per heavy atom. The van der Waals surface area contributed by atoms with Crippen molar-refractivity contribution < 1.29 is 14.3 Å². The molecule has 4 heteroatoms. The highest BCUT2D eigenvalue weighted by atomic mass is 16.3. The first-order chi connectivity index (χ1) is 9.69. The van der Waals surface area contributed by atoms with E-state index in [1.165, 1.54) is 6.26 Å². The lowest BCUT2D eigenvalue weighted by Gasteiger charge is -2.12. The van der Waals surface area contributed by atoms with Crippen molar-refractivity contribution in [1.29, 1.82) is 0 Å². The predicted molar refractivity (Wildman–Crippen MR) is 77.4 cm³/mol. The van der Waals surface area contributed by atoms with E-state index in [2.05, 4.69) is 18.2 Å².